The Kier molecular flexibility index (Phi) is 7.49. The minimum absolute atomic E-state index is 0. The summed E-state index contributed by atoms with van der Waals surface area (Å²) in [7, 11) is -3.70. The second-order valence-corrected chi connectivity index (χ2v) is 9.30. The van der Waals surface area contributed by atoms with Gasteiger partial charge in [0, 0.05) is 30.9 Å². The van der Waals surface area contributed by atoms with Crippen LogP contribution >= 0.6 is 27.0 Å². The third-order valence-electron chi connectivity index (χ3n) is 5.62. The Hall–Kier alpha value is -1.75. The van der Waals surface area contributed by atoms with Gasteiger partial charge in [0.2, 0.25) is 10.0 Å². The maximum absolute atomic E-state index is 13.2. The van der Waals surface area contributed by atoms with Crippen molar-refractivity contribution in [1.29, 1.82) is 0 Å². The van der Waals surface area contributed by atoms with Crippen LogP contribution in [0, 0.1) is 12.7 Å². The highest BCUT2D eigenvalue weighted by molar-refractivity contribution is 7.89. The first-order valence-electron chi connectivity index (χ1n) is 9.11. The number of carbonyl (C=O) groups is 1. The third kappa shape index (κ3) is 4.46. The molecule has 0 aromatic heterocycles. The van der Waals surface area contributed by atoms with Crippen molar-refractivity contribution in [2.45, 2.75) is 36.7 Å². The van der Waals surface area contributed by atoms with Gasteiger partial charge in [-0.1, -0.05) is 6.07 Å². The fourth-order valence-electron chi connectivity index (χ4n) is 4.17. The maximum atomic E-state index is 13.2. The fourth-order valence-corrected chi connectivity index (χ4v) is 5.89. The molecule has 0 unspecified atom stereocenters. The second-order valence-electron chi connectivity index (χ2n) is 7.41. The number of carboxylic acid groups (broad SMARTS) is 1. The van der Waals surface area contributed by atoms with Crippen LogP contribution < -0.4 is 4.90 Å². The van der Waals surface area contributed by atoms with Gasteiger partial charge in [-0.3, -0.25) is 4.79 Å². The Morgan fingerprint density at radius 2 is 1.77 bits per heavy atom. The summed E-state index contributed by atoms with van der Waals surface area (Å²) in [6.07, 6.45) is 0.518. The number of aliphatic carboxylic acids is 1. The maximum Gasteiger partial charge on any atom is 0.307 e. The van der Waals surface area contributed by atoms with Gasteiger partial charge in [-0.25, -0.2) is 12.8 Å². The number of fused-ring (bicyclic) bond motifs is 2. The highest BCUT2D eigenvalue weighted by Gasteiger charge is 2.48. The van der Waals surface area contributed by atoms with Crippen molar-refractivity contribution in [2.24, 2.45) is 0 Å². The molecular weight excluding hydrogens is 447 g/mol. The number of hydrogen-bond donors (Lipinski definition) is 1. The molecule has 2 heterocycles. The van der Waals surface area contributed by atoms with Gasteiger partial charge < -0.3 is 10.0 Å². The summed E-state index contributed by atoms with van der Waals surface area (Å²) in [6, 6.07) is 10.8. The molecule has 2 fully saturated rings. The molecule has 0 amide bonds. The van der Waals surface area contributed by atoms with Crippen LogP contribution in [0.5, 0.6) is 0 Å². The lowest BCUT2D eigenvalue weighted by molar-refractivity contribution is -0.136. The molecule has 4 rings (SSSR count). The van der Waals surface area contributed by atoms with Gasteiger partial charge in [0.1, 0.15) is 5.82 Å². The predicted molar refractivity (Wildman–Crippen MR) is 123 cm³/mol. The molecule has 0 spiro atoms. The summed E-state index contributed by atoms with van der Waals surface area (Å²) in [5.74, 6) is -1.29. The van der Waals surface area contributed by atoms with E-state index >= 15 is 0 Å². The lowest BCUT2D eigenvalue weighted by Crippen LogP contribution is -2.48. The van der Waals surface area contributed by atoms with Gasteiger partial charge in [0.25, 0.3) is 0 Å². The molecule has 2 saturated heterocycles. The van der Waals surface area contributed by atoms with Gasteiger partial charge in [-0.05, 0) is 60.9 Å². The van der Waals surface area contributed by atoms with E-state index in [4.69, 9.17) is 5.11 Å². The number of halogens is 1. The smallest absolute Gasteiger partial charge is 0.307 e. The molecule has 0 radical (unpaired) electrons. The first-order chi connectivity index (χ1) is 13.3. The van der Waals surface area contributed by atoms with Gasteiger partial charge in [-0.15, -0.1) is 0 Å². The van der Waals surface area contributed by atoms with E-state index in [1.54, 1.807) is 31.2 Å². The Morgan fingerprint density at radius 1 is 1.10 bits per heavy atom. The normalized spacial score (nSPS) is 20.5. The molecule has 10 heteroatoms. The number of nitrogens with zero attached hydrogens (tertiary/aromatic N) is 2. The molecule has 6 nitrogen and oxygen atoms in total. The van der Waals surface area contributed by atoms with Crippen molar-refractivity contribution in [2.75, 3.05) is 18.0 Å². The van der Waals surface area contributed by atoms with E-state index in [0.717, 1.165) is 17.7 Å². The van der Waals surface area contributed by atoms with Crippen molar-refractivity contribution >= 4 is 48.7 Å². The Balaban J connectivity index is 0.00000160. The van der Waals surface area contributed by atoms with Gasteiger partial charge >= 0.3 is 5.97 Å². The van der Waals surface area contributed by atoms with Crippen LogP contribution in [0.1, 0.15) is 17.5 Å². The van der Waals surface area contributed by atoms with E-state index < -0.39 is 16.0 Å². The minimum Gasteiger partial charge on any atom is -0.481 e. The number of aryl methyl sites for hydroxylation is 1. The molecule has 2 aliphatic heterocycles. The summed E-state index contributed by atoms with van der Waals surface area (Å²) in [5, 5.41) is 9.05. The number of anilines is 1. The number of carboxylic acids is 1. The number of sulfonamides is 1. The monoisotopic (exact) mass is 472 g/mol. The zero-order valence-electron chi connectivity index (χ0n) is 16.4. The first kappa shape index (κ1) is 24.5. The Labute approximate surface area is 189 Å². The molecule has 1 N–H and O–H groups in total. The predicted octanol–water partition coefficient (Wildman–Crippen LogP) is 2.64. The van der Waals surface area contributed by atoms with Gasteiger partial charge in [0.15, 0.2) is 0 Å². The van der Waals surface area contributed by atoms with Crippen molar-refractivity contribution in [3.05, 3.63) is 59.4 Å². The zero-order chi connectivity index (χ0) is 20.1. The van der Waals surface area contributed by atoms with Crippen molar-refractivity contribution in [3.8, 4) is 0 Å². The average Bonchev–Trinajstić information content (AvgIpc) is 3.25. The molecule has 2 bridgehead atoms. The lowest BCUT2D eigenvalue weighted by Gasteiger charge is -2.35. The summed E-state index contributed by atoms with van der Waals surface area (Å²) in [6.45, 7) is 2.70. The van der Waals surface area contributed by atoms with E-state index in [0.29, 0.717) is 18.7 Å². The van der Waals surface area contributed by atoms with E-state index in [9.17, 15) is 17.6 Å². The molecular formula is C20H25FN2O4S3. The van der Waals surface area contributed by atoms with Crippen LogP contribution in [0.3, 0.4) is 0 Å². The van der Waals surface area contributed by atoms with Crippen LogP contribution in [0.4, 0.5) is 10.1 Å². The van der Waals surface area contributed by atoms with Gasteiger partial charge in [0.05, 0.1) is 11.3 Å². The Morgan fingerprint density at radius 3 is 2.33 bits per heavy atom. The summed E-state index contributed by atoms with van der Waals surface area (Å²) in [4.78, 5) is 13.3. The van der Waals surface area contributed by atoms with Crippen molar-refractivity contribution in [1.82, 2.24) is 4.31 Å². The molecule has 0 aliphatic carbocycles. The second kappa shape index (κ2) is 9.17. The third-order valence-corrected chi connectivity index (χ3v) is 7.53. The summed E-state index contributed by atoms with van der Waals surface area (Å²) < 4.78 is 41.0. The standard InChI is InChI=1S/C20H21FN2O4S.2H2S/c1-13-2-7-19(8-14(13)9-20(24)25)28(26,27)23-12-17-10-18(23)11-22(17)16-5-3-15(21)4-6-16;;/h2-8,17-18H,9-12H2,1H3,(H,24,25);2*1H2/t17-,18-;;/m0../s1. The minimum atomic E-state index is -3.70. The van der Waals surface area contributed by atoms with Crippen LogP contribution in [0.2, 0.25) is 0 Å². The molecule has 164 valence electrons. The van der Waals surface area contributed by atoms with Crippen LogP contribution in [0.25, 0.3) is 0 Å². The van der Waals surface area contributed by atoms with Crippen molar-refractivity contribution < 1.29 is 22.7 Å². The average molecular weight is 473 g/mol. The van der Waals surface area contributed by atoms with E-state index in [1.807, 2.05) is 0 Å². The van der Waals surface area contributed by atoms with E-state index in [2.05, 4.69) is 4.90 Å². The zero-order valence-corrected chi connectivity index (χ0v) is 19.2. The first-order valence-corrected chi connectivity index (χ1v) is 10.5. The molecule has 2 aliphatic rings. The molecule has 0 saturated carbocycles. The van der Waals surface area contributed by atoms with Crippen LogP contribution in [-0.2, 0) is 21.2 Å². The Bertz CT molecular complexity index is 1030. The number of piperazine rings is 1. The fraction of sp³-hybridized carbons (Fsp3) is 0.350. The van der Waals surface area contributed by atoms with Crippen LogP contribution in [0.15, 0.2) is 47.4 Å². The number of rotatable bonds is 5. The highest BCUT2D eigenvalue weighted by Crippen LogP contribution is 2.38. The largest absolute Gasteiger partial charge is 0.481 e. The SMILES string of the molecule is Cc1ccc(S(=O)(=O)N2C[C@@H]3C[C@H]2CN3c2ccc(F)cc2)cc1CC(=O)O.S.S. The molecule has 2 aromatic rings. The summed E-state index contributed by atoms with van der Waals surface area (Å²) >= 11 is 0. The lowest BCUT2D eigenvalue weighted by atomic mass is 10.1. The van der Waals surface area contributed by atoms with E-state index in [-0.39, 0.29) is 56.2 Å². The quantitative estimate of drug-likeness (QED) is 0.724. The van der Waals surface area contributed by atoms with Crippen LogP contribution in [-0.4, -0.2) is 49.0 Å². The van der Waals surface area contributed by atoms with E-state index in [1.165, 1.54) is 22.5 Å². The highest BCUT2D eigenvalue weighted by atomic mass is 32.2. The number of hydrogen-bond acceptors (Lipinski definition) is 4. The summed E-state index contributed by atoms with van der Waals surface area (Å²) in [5.41, 5.74) is 2.16. The van der Waals surface area contributed by atoms with Crippen molar-refractivity contribution in [3.63, 3.8) is 0 Å². The molecule has 2 aromatic carbocycles. The molecule has 2 atom stereocenters. The van der Waals surface area contributed by atoms with Gasteiger partial charge in [-0.2, -0.15) is 31.3 Å². The topological polar surface area (TPSA) is 77.9 Å². The molecule has 30 heavy (non-hydrogen) atoms. The number of benzene rings is 2.